The number of nitrogens with zero attached hydrogens (tertiary/aromatic N) is 3. The van der Waals surface area contributed by atoms with Crippen LogP contribution < -0.4 is 15.5 Å². The standard InChI is InChI=1S/C29H26F2N4O10/c1-15-21(9-18-4-2-3-7-32-18)45-22-12-34-11-19(27(39)33-10-16-5-6-17(30)8-20(16)31)25(38)26(24(34)28(40)35(15)22)43-14-44-29(41)42-13-23(36)37/h2-8,11,15,21-22H,9-10,12-14H2,1H3,(H,33,39)(H,36,37)/t15-,21?,22+/m0/s1. The molecule has 1 aromatic carbocycles. The first-order chi connectivity index (χ1) is 21.5. The highest BCUT2D eigenvalue weighted by Gasteiger charge is 2.47. The Labute approximate surface area is 253 Å². The number of hydrogen-bond donors (Lipinski definition) is 2. The van der Waals surface area contributed by atoms with E-state index in [2.05, 4.69) is 19.8 Å². The summed E-state index contributed by atoms with van der Waals surface area (Å²) in [6, 6.07) is 7.73. The van der Waals surface area contributed by atoms with Crippen LogP contribution in [0.1, 0.15) is 39.0 Å². The van der Waals surface area contributed by atoms with Gasteiger partial charge in [-0.1, -0.05) is 12.1 Å². The van der Waals surface area contributed by atoms with Crippen LogP contribution in [0.15, 0.2) is 53.6 Å². The molecule has 16 heteroatoms. The molecule has 0 saturated carbocycles. The fourth-order valence-electron chi connectivity index (χ4n) is 5.04. The van der Waals surface area contributed by atoms with Gasteiger partial charge in [0.25, 0.3) is 11.8 Å². The van der Waals surface area contributed by atoms with Crippen molar-refractivity contribution in [1.29, 1.82) is 0 Å². The number of carbonyl (C=O) groups is 4. The van der Waals surface area contributed by atoms with Gasteiger partial charge in [0.1, 0.15) is 17.2 Å². The zero-order chi connectivity index (χ0) is 32.2. The zero-order valence-corrected chi connectivity index (χ0v) is 23.6. The van der Waals surface area contributed by atoms with Gasteiger partial charge >= 0.3 is 12.1 Å². The molecule has 2 aromatic heterocycles. The van der Waals surface area contributed by atoms with Crippen LogP contribution in [0.4, 0.5) is 13.6 Å². The van der Waals surface area contributed by atoms with E-state index < -0.39 is 90.6 Å². The number of pyridine rings is 2. The minimum atomic E-state index is -1.44. The van der Waals surface area contributed by atoms with Gasteiger partial charge in [-0.3, -0.25) is 19.4 Å². The van der Waals surface area contributed by atoms with E-state index in [9.17, 15) is 32.8 Å². The molecule has 0 aliphatic carbocycles. The predicted octanol–water partition coefficient (Wildman–Crippen LogP) is 1.84. The first-order valence-electron chi connectivity index (χ1n) is 13.5. The molecule has 45 heavy (non-hydrogen) atoms. The number of amides is 2. The molecular formula is C29H26F2N4O10. The van der Waals surface area contributed by atoms with Crippen LogP contribution in [-0.4, -0.2) is 75.3 Å². The second kappa shape index (κ2) is 13.1. The Morgan fingerprint density at radius 2 is 1.96 bits per heavy atom. The minimum Gasteiger partial charge on any atom is -0.479 e. The molecule has 5 rings (SSSR count). The number of halogens is 2. The summed E-state index contributed by atoms with van der Waals surface area (Å²) < 4.78 is 49.3. The van der Waals surface area contributed by atoms with Crippen molar-refractivity contribution in [2.45, 2.75) is 44.8 Å². The summed E-state index contributed by atoms with van der Waals surface area (Å²) in [4.78, 5) is 68.6. The molecule has 1 saturated heterocycles. The number of carboxylic acids is 1. The molecule has 0 spiro atoms. The summed E-state index contributed by atoms with van der Waals surface area (Å²) in [5.74, 6) is -5.42. The van der Waals surface area contributed by atoms with Gasteiger partial charge in [0.15, 0.2) is 18.5 Å². The van der Waals surface area contributed by atoms with Crippen molar-refractivity contribution in [1.82, 2.24) is 19.8 Å². The summed E-state index contributed by atoms with van der Waals surface area (Å²) in [7, 11) is 0. The Hall–Kier alpha value is -5.38. The highest BCUT2D eigenvalue weighted by atomic mass is 19.1. The molecular weight excluding hydrogens is 602 g/mol. The molecule has 1 unspecified atom stereocenters. The maximum atomic E-state index is 14.1. The summed E-state index contributed by atoms with van der Waals surface area (Å²) in [5, 5.41) is 11.0. The lowest BCUT2D eigenvalue weighted by molar-refractivity contribution is -0.141. The Morgan fingerprint density at radius 1 is 1.16 bits per heavy atom. The normalized spacial score (nSPS) is 18.5. The van der Waals surface area contributed by atoms with Gasteiger partial charge in [0.2, 0.25) is 18.0 Å². The fraction of sp³-hybridized carbons (Fsp3) is 0.310. The summed E-state index contributed by atoms with van der Waals surface area (Å²) in [6.45, 7) is -0.607. The SMILES string of the molecule is C[C@H]1C(Cc2ccccn2)O[C@@H]2Cn3cc(C(=O)NCc4ccc(F)cc4F)c(=O)c(OCOC(=O)OCC(=O)O)c3C(=O)N21. The van der Waals surface area contributed by atoms with E-state index in [1.54, 1.807) is 19.2 Å². The number of fused-ring (bicyclic) bond motifs is 2. The first-order valence-corrected chi connectivity index (χ1v) is 13.5. The van der Waals surface area contributed by atoms with Crippen molar-refractivity contribution in [2.75, 3.05) is 13.4 Å². The smallest absolute Gasteiger partial charge is 0.479 e. The molecule has 3 aromatic rings. The summed E-state index contributed by atoms with van der Waals surface area (Å²) >= 11 is 0. The van der Waals surface area contributed by atoms with Crippen LogP contribution in [0.25, 0.3) is 0 Å². The Morgan fingerprint density at radius 3 is 2.67 bits per heavy atom. The van der Waals surface area contributed by atoms with Crippen molar-refractivity contribution in [3.8, 4) is 5.75 Å². The molecule has 2 aliphatic rings. The van der Waals surface area contributed by atoms with Crippen LogP contribution in [0.5, 0.6) is 5.75 Å². The molecule has 2 amide bonds. The summed E-state index contributed by atoms with van der Waals surface area (Å²) in [6.07, 6.45) is 0.496. The van der Waals surface area contributed by atoms with Crippen molar-refractivity contribution >= 4 is 23.9 Å². The fourth-order valence-corrected chi connectivity index (χ4v) is 5.04. The molecule has 14 nitrogen and oxygen atoms in total. The molecule has 3 atom stereocenters. The highest BCUT2D eigenvalue weighted by Crippen LogP contribution is 2.34. The number of ether oxygens (including phenoxy) is 4. The van der Waals surface area contributed by atoms with Crippen LogP contribution in [0, 0.1) is 11.6 Å². The van der Waals surface area contributed by atoms with Crippen molar-refractivity contribution in [2.24, 2.45) is 0 Å². The van der Waals surface area contributed by atoms with Crippen molar-refractivity contribution < 1.29 is 52.0 Å². The molecule has 4 heterocycles. The van der Waals surface area contributed by atoms with Crippen LogP contribution in [0.3, 0.4) is 0 Å². The molecule has 0 radical (unpaired) electrons. The number of hydrogen-bond acceptors (Lipinski definition) is 10. The summed E-state index contributed by atoms with van der Waals surface area (Å²) in [5.41, 5.74) is -1.12. The predicted molar refractivity (Wildman–Crippen MR) is 146 cm³/mol. The highest BCUT2D eigenvalue weighted by molar-refractivity contribution is 5.99. The zero-order valence-electron chi connectivity index (χ0n) is 23.6. The Bertz CT molecular complexity index is 1700. The number of aromatic nitrogens is 2. The van der Waals surface area contributed by atoms with E-state index in [0.29, 0.717) is 12.5 Å². The molecule has 236 valence electrons. The van der Waals surface area contributed by atoms with Gasteiger partial charge in [-0.2, -0.15) is 0 Å². The first kappa shape index (κ1) is 31.1. The van der Waals surface area contributed by atoms with E-state index in [1.165, 1.54) is 9.47 Å². The van der Waals surface area contributed by atoms with Gasteiger partial charge in [-0.25, -0.2) is 18.4 Å². The van der Waals surface area contributed by atoms with E-state index >= 15 is 0 Å². The van der Waals surface area contributed by atoms with E-state index in [1.807, 2.05) is 12.1 Å². The average molecular weight is 629 g/mol. The minimum absolute atomic E-state index is 0.0187. The molecule has 2 aliphatic heterocycles. The van der Waals surface area contributed by atoms with E-state index in [4.69, 9.17) is 14.6 Å². The number of carbonyl (C=O) groups excluding carboxylic acids is 3. The topological polar surface area (TPSA) is 176 Å². The number of nitrogens with one attached hydrogen (secondary N) is 1. The number of benzene rings is 1. The average Bonchev–Trinajstić information content (AvgIpc) is 3.31. The third kappa shape index (κ3) is 6.75. The van der Waals surface area contributed by atoms with Gasteiger partial charge in [0, 0.05) is 42.7 Å². The quantitative estimate of drug-likeness (QED) is 0.248. The van der Waals surface area contributed by atoms with E-state index in [0.717, 1.165) is 24.0 Å². The number of carboxylic acid groups (broad SMARTS) is 1. The lowest BCUT2D eigenvalue weighted by atomic mass is 10.0. The third-order valence-corrected chi connectivity index (χ3v) is 7.18. The second-order valence-corrected chi connectivity index (χ2v) is 10.1. The molecule has 2 N–H and O–H groups in total. The van der Waals surface area contributed by atoms with Gasteiger partial charge in [-0.15, -0.1) is 0 Å². The van der Waals surface area contributed by atoms with Crippen LogP contribution >= 0.6 is 0 Å². The van der Waals surface area contributed by atoms with Crippen LogP contribution in [0.2, 0.25) is 0 Å². The Balaban J connectivity index is 1.42. The lowest BCUT2D eigenvalue weighted by Crippen LogP contribution is -2.49. The van der Waals surface area contributed by atoms with E-state index in [-0.39, 0.29) is 17.8 Å². The molecule has 1 fully saturated rings. The molecule has 0 bridgehead atoms. The van der Waals surface area contributed by atoms with Gasteiger partial charge < -0.3 is 38.8 Å². The largest absolute Gasteiger partial charge is 0.511 e. The monoisotopic (exact) mass is 628 g/mol. The second-order valence-electron chi connectivity index (χ2n) is 10.1. The Kier molecular flexibility index (Phi) is 9.03. The van der Waals surface area contributed by atoms with Crippen LogP contribution in [-0.2, 0) is 38.5 Å². The van der Waals surface area contributed by atoms with Crippen molar-refractivity contribution in [3.05, 3.63) is 93.2 Å². The van der Waals surface area contributed by atoms with Gasteiger partial charge in [-0.05, 0) is 25.1 Å². The maximum Gasteiger partial charge on any atom is 0.511 e. The number of aliphatic carboxylic acids is 1. The lowest BCUT2D eigenvalue weighted by Gasteiger charge is -2.34. The third-order valence-electron chi connectivity index (χ3n) is 7.18. The maximum absolute atomic E-state index is 14.1. The van der Waals surface area contributed by atoms with Crippen molar-refractivity contribution in [3.63, 3.8) is 0 Å². The number of rotatable bonds is 10. The van der Waals surface area contributed by atoms with Gasteiger partial charge in [0.05, 0.1) is 18.7 Å².